The van der Waals surface area contributed by atoms with E-state index in [1.807, 2.05) is 180 Å². The number of aliphatic hydroxyl groups is 1. The van der Waals surface area contributed by atoms with Crippen LogP contribution in [0, 0.1) is 34.6 Å². The van der Waals surface area contributed by atoms with E-state index in [2.05, 4.69) is 152 Å². The van der Waals surface area contributed by atoms with Gasteiger partial charge < -0.3 is 81.5 Å². The van der Waals surface area contributed by atoms with Crippen molar-refractivity contribution in [2.24, 2.45) is 0 Å². The van der Waals surface area contributed by atoms with Crippen LogP contribution in [-0.4, -0.2) is 296 Å². The molecule has 13 heterocycles. The van der Waals surface area contributed by atoms with Gasteiger partial charge in [-0.1, -0.05) is 0 Å². The van der Waals surface area contributed by atoms with Gasteiger partial charge in [0.2, 0.25) is 0 Å². The van der Waals surface area contributed by atoms with E-state index in [-0.39, 0.29) is 83.3 Å². The van der Waals surface area contributed by atoms with Crippen molar-refractivity contribution in [1.82, 2.24) is 78.7 Å². The molecule has 762 valence electrons. The van der Waals surface area contributed by atoms with Gasteiger partial charge in [0.15, 0.2) is 0 Å². The summed E-state index contributed by atoms with van der Waals surface area (Å²) in [5, 5.41) is 34.0. The Morgan fingerprint density at radius 1 is 0.393 bits per heavy atom. The highest BCUT2D eigenvalue weighted by Gasteiger charge is 2.54. The molecule has 5 aromatic heterocycles. The fourth-order valence-corrected chi connectivity index (χ4v) is 16.7. The maximum atomic E-state index is 12.3. The number of halogens is 3. The van der Waals surface area contributed by atoms with Crippen LogP contribution >= 0.6 is 47.8 Å². The quantitative estimate of drug-likeness (QED) is 0.0827. The first-order valence-electron chi connectivity index (χ1n) is 47.2. The number of aromatic nitrogens is 10. The first-order chi connectivity index (χ1) is 61.9. The molecule has 0 spiro atoms. The lowest BCUT2D eigenvalue weighted by Gasteiger charge is -2.34. The second-order valence-electron chi connectivity index (χ2n) is 43.8. The van der Waals surface area contributed by atoms with Crippen molar-refractivity contribution in [2.45, 2.75) is 384 Å². The van der Waals surface area contributed by atoms with Crippen molar-refractivity contribution < 1.29 is 93.5 Å². The number of carbonyl (C=O) groups excluding carboxylic acids is 6. The minimum atomic E-state index is -3.42. The average Bonchev–Trinajstić information content (AvgIpc) is 1.61. The van der Waals surface area contributed by atoms with Crippen LogP contribution in [0.3, 0.4) is 0 Å². The number of piperidine rings is 6. The number of amides is 6. The second kappa shape index (κ2) is 47.0. The zero-order valence-corrected chi connectivity index (χ0v) is 92.0. The van der Waals surface area contributed by atoms with Gasteiger partial charge in [-0.25, -0.2) is 28.8 Å². The molecule has 6 amide bonds. The van der Waals surface area contributed by atoms with Gasteiger partial charge in [-0.2, -0.15) is 33.9 Å². The highest BCUT2D eigenvalue weighted by Crippen LogP contribution is 2.40. The Morgan fingerprint density at radius 3 is 0.941 bits per heavy atom. The van der Waals surface area contributed by atoms with Crippen molar-refractivity contribution >= 4 is 120 Å². The van der Waals surface area contributed by atoms with E-state index in [1.54, 1.807) is 35.6 Å². The van der Waals surface area contributed by atoms with Crippen LogP contribution < -0.4 is 10.9 Å². The van der Waals surface area contributed by atoms with Crippen LogP contribution in [0.25, 0.3) is 0 Å². The molecule has 8 aliphatic heterocycles. The van der Waals surface area contributed by atoms with Crippen molar-refractivity contribution in [3.63, 3.8) is 0 Å². The zero-order valence-electron chi connectivity index (χ0n) is 86.4. The summed E-state index contributed by atoms with van der Waals surface area (Å²) in [5.41, 5.74) is 2.92. The van der Waals surface area contributed by atoms with Crippen molar-refractivity contribution in [3.8, 4) is 0 Å². The molecule has 0 unspecified atom stereocenters. The van der Waals surface area contributed by atoms with Crippen molar-refractivity contribution in [2.75, 3.05) is 84.8 Å². The molecule has 36 nitrogen and oxygen atoms in total. The minimum Gasteiger partial charge on any atom is -0.444 e. The van der Waals surface area contributed by atoms with E-state index < -0.39 is 58.0 Å². The van der Waals surface area contributed by atoms with Crippen molar-refractivity contribution in [1.29, 1.82) is 0 Å². The summed E-state index contributed by atoms with van der Waals surface area (Å²) < 4.78 is 95.0. The fraction of sp³-hybridized carbons (Fsp3) is 0.774. The molecule has 8 aliphatic rings. The Kier molecular flexibility index (Phi) is 40.0. The molecule has 8 saturated heterocycles. The first kappa shape index (κ1) is 115. The molecular formula is C93H157B2Br3N16O20S. The molecule has 8 fully saturated rings. The maximum absolute atomic E-state index is 12.3. The molecule has 5 aromatic rings. The van der Waals surface area contributed by atoms with E-state index in [0.29, 0.717) is 90.1 Å². The SMILES string of the molecule is CC(C)(C)OC(=O)N1CCC(O)CC1.CC(C)(C)OC(=O)N1CCC(OS(C)(=O)=O)CC1.Cc1[nH]ncc1Br.Cc1c(B2OC(C)(C)C(C)(C)O2)cnn1C1CCN(C(=O)OC(C)(C)C)CC1.Cc1c(Br)cnn1C1CCN(C(=O)OC(C)(C)C)CC1.Cc1nn(C2CCN(C(=O)OC(C)(C)C)CC2)cc1B1OC(C)(C)C(C)(C)O1.Cc1nn(C2CCN(C(=O)OC(C)(C)C)CC2)cc1Br. The summed E-state index contributed by atoms with van der Waals surface area (Å²) in [7, 11) is -4.23. The van der Waals surface area contributed by atoms with Crippen LogP contribution in [-0.2, 0) is 61.3 Å². The summed E-state index contributed by atoms with van der Waals surface area (Å²) >= 11 is 10.2. The molecule has 0 bridgehead atoms. The number of carbonyl (C=O) groups is 6. The number of H-pyrrole nitrogens is 1. The lowest BCUT2D eigenvalue weighted by Crippen LogP contribution is -2.43. The molecule has 0 aliphatic carbocycles. The highest BCUT2D eigenvalue weighted by atomic mass is 79.9. The third-order valence-corrected chi connectivity index (χ3v) is 27.1. The smallest absolute Gasteiger partial charge is 0.444 e. The Hall–Kier alpha value is -7.05. The molecule has 0 atom stereocenters. The van der Waals surface area contributed by atoms with Crippen LogP contribution in [0.4, 0.5) is 28.8 Å². The van der Waals surface area contributed by atoms with E-state index in [4.69, 9.17) is 56.3 Å². The van der Waals surface area contributed by atoms with Crippen LogP contribution in [0.1, 0.15) is 310 Å². The molecule has 42 heteroatoms. The number of aliphatic hydroxyl groups excluding tert-OH is 1. The summed E-state index contributed by atoms with van der Waals surface area (Å²) in [5.74, 6) is 0. The number of rotatable bonds is 8. The van der Waals surface area contributed by atoms with E-state index >= 15 is 0 Å². The van der Waals surface area contributed by atoms with Gasteiger partial charge in [0.25, 0.3) is 10.1 Å². The summed E-state index contributed by atoms with van der Waals surface area (Å²) in [6, 6.07) is 1.24. The van der Waals surface area contributed by atoms with Crippen LogP contribution in [0.15, 0.2) is 44.4 Å². The number of nitrogens with one attached hydrogen (secondary N) is 1. The second-order valence-corrected chi connectivity index (χ2v) is 48.0. The van der Waals surface area contributed by atoms with E-state index in [9.17, 15) is 42.3 Å². The van der Waals surface area contributed by atoms with Crippen molar-refractivity contribution in [3.05, 3.63) is 72.9 Å². The van der Waals surface area contributed by atoms with E-state index in [0.717, 1.165) is 137 Å². The van der Waals surface area contributed by atoms with Gasteiger partial charge in [-0.05, 0) is 339 Å². The van der Waals surface area contributed by atoms with E-state index in [1.165, 1.54) is 0 Å². The molecule has 0 aromatic carbocycles. The fourth-order valence-electron chi connectivity index (χ4n) is 15.2. The highest BCUT2D eigenvalue weighted by molar-refractivity contribution is 9.11. The average molecular weight is 2110 g/mol. The molecule has 0 radical (unpaired) electrons. The number of hydrogen-bond donors (Lipinski definition) is 2. The largest absolute Gasteiger partial charge is 0.498 e. The number of ether oxygens (including phenoxy) is 6. The van der Waals surface area contributed by atoms with Gasteiger partial charge in [0, 0.05) is 125 Å². The lowest BCUT2D eigenvalue weighted by atomic mass is 9.79. The third-order valence-electron chi connectivity index (χ3n) is 24.1. The minimum absolute atomic E-state index is 0.214. The molecule has 13 rings (SSSR count). The first-order valence-corrected chi connectivity index (χ1v) is 51.4. The molecular weight excluding hydrogens is 1950 g/mol. The summed E-state index contributed by atoms with van der Waals surface area (Å²) in [4.78, 5) is 82.2. The zero-order chi connectivity index (χ0) is 102. The summed E-state index contributed by atoms with van der Waals surface area (Å²) in [6.07, 6.45) is 17.8. The Labute approximate surface area is 828 Å². The standard InChI is InChI=1S/2C20H34BN3O4.2C14H22BrN3O2.C11H21NO5S.C10H19NO3.C4H5BrN2/c1-14-16(21-27-19(5,6)20(7,8)28-21)13-24(22-14)15-9-11-23(12-10-15)17(25)26-18(2,3)4;1-14-16(21-27-19(5,6)20(7,8)28-21)13-22-24(14)15-9-11-23(12-10-15)17(25)26-18(2,3)4;1-10-12(15)9-18(16-10)11-5-7-17(8-6-11)13(19)20-14(2,3)4;1-10-12(15)9-16-18(10)11-5-7-17(8-6-11)13(19)20-14(2,3)4;1-11(2,3)16-10(13)12-7-5-9(6-8-12)17-18(4,14)15;1-10(2,3)14-9(13)11-6-4-8(12)5-7-11;1-3-4(5)2-6-7-3/h2*13,15H,9-12H2,1-8H3;2*9,11H,5-8H2,1-4H3;9H,5-8H2,1-4H3;8,12H,4-7H2,1-3H3;2H,1H3,(H,6,7). The van der Waals surface area contributed by atoms with Gasteiger partial charge in [0.05, 0.1) is 102 Å². The monoisotopic (exact) mass is 2110 g/mol. The summed E-state index contributed by atoms with van der Waals surface area (Å²) in [6.45, 7) is 67.8. The normalized spacial score (nSPS) is 19.5. The lowest BCUT2D eigenvalue weighted by molar-refractivity contribution is 0.00578. The number of hydrogen-bond acceptors (Lipinski definition) is 25. The topological polar surface area (TPSA) is 378 Å². The van der Waals surface area contributed by atoms with Gasteiger partial charge in [-0.15, -0.1) is 0 Å². The molecule has 2 N–H and O–H groups in total. The Morgan fingerprint density at radius 2 is 0.674 bits per heavy atom. The Bertz CT molecular complexity index is 4690. The van der Waals surface area contributed by atoms with Crippen LogP contribution in [0.5, 0.6) is 0 Å². The van der Waals surface area contributed by atoms with Gasteiger partial charge >= 0.3 is 50.8 Å². The number of aryl methyl sites for hydroxylation is 3. The maximum Gasteiger partial charge on any atom is 0.498 e. The number of nitrogens with zero attached hydrogens (tertiary/aromatic N) is 15. The molecule has 135 heavy (non-hydrogen) atoms. The van der Waals surface area contributed by atoms with Gasteiger partial charge in [-0.3, -0.25) is 28.0 Å². The predicted octanol–water partition coefficient (Wildman–Crippen LogP) is 17.4. The van der Waals surface area contributed by atoms with Crippen LogP contribution in [0.2, 0.25) is 0 Å². The Balaban J connectivity index is 0.000000220. The predicted molar refractivity (Wildman–Crippen MR) is 530 cm³/mol. The number of likely N-dealkylation sites (tertiary alicyclic amines) is 6. The molecule has 0 saturated carbocycles. The third kappa shape index (κ3) is 36.2. The number of aromatic amines is 1. The van der Waals surface area contributed by atoms with Gasteiger partial charge in [0.1, 0.15) is 33.6 Å².